The molecule has 0 fully saturated rings. The van der Waals surface area contributed by atoms with Crippen molar-refractivity contribution in [2.24, 2.45) is 0 Å². The number of benzene rings is 2. The van der Waals surface area contributed by atoms with Crippen LogP contribution in [0.1, 0.15) is 11.7 Å². The van der Waals surface area contributed by atoms with Gasteiger partial charge in [0.05, 0.1) is 16.7 Å². The number of rotatable bonds is 5. The SMILES string of the molecule is O=[N+]([O-])c1ccc(C(O)CNc2cc(F)ccc2Br)cc1. The Morgan fingerprint density at radius 2 is 1.95 bits per heavy atom. The molecule has 7 heteroatoms. The van der Waals surface area contributed by atoms with Crippen molar-refractivity contribution in [2.75, 3.05) is 11.9 Å². The molecule has 0 aliphatic carbocycles. The van der Waals surface area contributed by atoms with Crippen molar-refractivity contribution in [3.05, 3.63) is 68.4 Å². The van der Waals surface area contributed by atoms with Crippen LogP contribution < -0.4 is 5.32 Å². The molecule has 0 amide bonds. The molecule has 0 bridgehead atoms. The lowest BCUT2D eigenvalue weighted by Crippen LogP contribution is -2.12. The first-order chi connectivity index (χ1) is 9.97. The van der Waals surface area contributed by atoms with Crippen molar-refractivity contribution in [1.29, 1.82) is 0 Å². The van der Waals surface area contributed by atoms with Crippen LogP contribution in [0.5, 0.6) is 0 Å². The lowest BCUT2D eigenvalue weighted by atomic mass is 10.1. The number of nitrogens with one attached hydrogen (secondary N) is 1. The van der Waals surface area contributed by atoms with Gasteiger partial charge in [-0.2, -0.15) is 0 Å². The number of hydrogen-bond donors (Lipinski definition) is 2. The molecule has 0 saturated carbocycles. The number of halogens is 2. The molecule has 0 radical (unpaired) electrons. The normalized spacial score (nSPS) is 12.0. The second kappa shape index (κ2) is 6.64. The van der Waals surface area contributed by atoms with Crippen LogP contribution >= 0.6 is 15.9 Å². The Hall–Kier alpha value is -1.99. The summed E-state index contributed by atoms with van der Waals surface area (Å²) in [6, 6.07) is 9.84. The highest BCUT2D eigenvalue weighted by Gasteiger charge is 2.11. The molecule has 0 aliphatic heterocycles. The van der Waals surface area contributed by atoms with Crippen LogP contribution in [0.3, 0.4) is 0 Å². The maximum atomic E-state index is 13.1. The predicted molar refractivity (Wildman–Crippen MR) is 80.6 cm³/mol. The third-order valence-electron chi connectivity index (χ3n) is 2.90. The number of hydrogen-bond acceptors (Lipinski definition) is 4. The molecule has 1 unspecified atom stereocenters. The van der Waals surface area contributed by atoms with E-state index in [0.717, 1.165) is 0 Å². The van der Waals surface area contributed by atoms with Gasteiger partial charge in [-0.1, -0.05) is 0 Å². The van der Waals surface area contributed by atoms with E-state index in [1.807, 2.05) is 0 Å². The third-order valence-corrected chi connectivity index (χ3v) is 3.59. The van der Waals surface area contributed by atoms with E-state index in [0.29, 0.717) is 15.7 Å². The van der Waals surface area contributed by atoms with Gasteiger partial charge in [0.1, 0.15) is 5.82 Å². The van der Waals surface area contributed by atoms with Crippen molar-refractivity contribution >= 4 is 27.3 Å². The second-order valence-corrected chi connectivity index (χ2v) is 5.22. The van der Waals surface area contributed by atoms with Crippen LogP contribution in [-0.4, -0.2) is 16.6 Å². The quantitative estimate of drug-likeness (QED) is 0.634. The molecular formula is C14H12BrFN2O3. The average molecular weight is 355 g/mol. The van der Waals surface area contributed by atoms with Crippen LogP contribution in [0.15, 0.2) is 46.9 Å². The van der Waals surface area contributed by atoms with Gasteiger partial charge in [-0.05, 0) is 51.8 Å². The van der Waals surface area contributed by atoms with E-state index >= 15 is 0 Å². The standard InChI is InChI=1S/C14H12BrFN2O3/c15-12-6-3-10(16)7-13(12)17-8-14(19)9-1-4-11(5-2-9)18(20)21/h1-7,14,17,19H,8H2. The van der Waals surface area contributed by atoms with Gasteiger partial charge in [0.2, 0.25) is 0 Å². The summed E-state index contributed by atoms with van der Waals surface area (Å²) >= 11 is 3.28. The molecule has 110 valence electrons. The third kappa shape index (κ3) is 3.99. The summed E-state index contributed by atoms with van der Waals surface area (Å²) in [7, 11) is 0. The summed E-state index contributed by atoms with van der Waals surface area (Å²) in [5.74, 6) is -0.384. The van der Waals surface area contributed by atoms with Crippen LogP contribution in [0.2, 0.25) is 0 Å². The number of nitro groups is 1. The minimum Gasteiger partial charge on any atom is -0.387 e. The second-order valence-electron chi connectivity index (χ2n) is 4.37. The van der Waals surface area contributed by atoms with Gasteiger partial charge in [-0.3, -0.25) is 10.1 Å². The van der Waals surface area contributed by atoms with E-state index in [1.54, 1.807) is 6.07 Å². The van der Waals surface area contributed by atoms with Gasteiger partial charge in [0, 0.05) is 23.2 Å². The van der Waals surface area contributed by atoms with Gasteiger partial charge >= 0.3 is 0 Å². The molecule has 21 heavy (non-hydrogen) atoms. The fourth-order valence-electron chi connectivity index (χ4n) is 1.78. The maximum Gasteiger partial charge on any atom is 0.269 e. The number of nitrogens with zero attached hydrogens (tertiary/aromatic N) is 1. The summed E-state index contributed by atoms with van der Waals surface area (Å²) in [4.78, 5) is 10.1. The summed E-state index contributed by atoms with van der Waals surface area (Å²) in [5, 5.41) is 23.5. The summed E-state index contributed by atoms with van der Waals surface area (Å²) in [5.41, 5.74) is 1.03. The molecule has 2 aromatic carbocycles. The highest BCUT2D eigenvalue weighted by Crippen LogP contribution is 2.24. The molecule has 2 N–H and O–H groups in total. The number of aliphatic hydroxyl groups excluding tert-OH is 1. The highest BCUT2D eigenvalue weighted by atomic mass is 79.9. The number of anilines is 1. The molecule has 0 saturated heterocycles. The van der Waals surface area contributed by atoms with Gasteiger partial charge < -0.3 is 10.4 Å². The average Bonchev–Trinajstić information content (AvgIpc) is 2.48. The first-order valence-corrected chi connectivity index (χ1v) is 6.88. The molecule has 5 nitrogen and oxygen atoms in total. The number of nitro benzene ring substituents is 1. The lowest BCUT2D eigenvalue weighted by molar-refractivity contribution is -0.384. The van der Waals surface area contributed by atoms with E-state index < -0.39 is 11.0 Å². The van der Waals surface area contributed by atoms with Crippen molar-refractivity contribution in [3.8, 4) is 0 Å². The molecule has 2 rings (SSSR count). The fraction of sp³-hybridized carbons (Fsp3) is 0.143. The van der Waals surface area contributed by atoms with Crippen LogP contribution in [0, 0.1) is 15.9 Å². The van der Waals surface area contributed by atoms with E-state index in [-0.39, 0.29) is 18.0 Å². The Balaban J connectivity index is 2.02. The van der Waals surface area contributed by atoms with Gasteiger partial charge in [-0.25, -0.2) is 4.39 Å². The Kier molecular flexibility index (Phi) is 4.87. The van der Waals surface area contributed by atoms with E-state index in [9.17, 15) is 19.6 Å². The molecule has 2 aromatic rings. The maximum absolute atomic E-state index is 13.1. The minimum atomic E-state index is -0.860. The monoisotopic (exact) mass is 354 g/mol. The minimum absolute atomic E-state index is 0.0354. The van der Waals surface area contributed by atoms with E-state index in [4.69, 9.17) is 0 Å². The molecule has 0 spiro atoms. The molecule has 1 atom stereocenters. The van der Waals surface area contributed by atoms with Gasteiger partial charge in [0.15, 0.2) is 0 Å². The fourth-order valence-corrected chi connectivity index (χ4v) is 2.16. The van der Waals surface area contributed by atoms with Gasteiger partial charge in [0.25, 0.3) is 5.69 Å². The first-order valence-electron chi connectivity index (χ1n) is 6.08. The van der Waals surface area contributed by atoms with E-state index in [2.05, 4.69) is 21.2 Å². The zero-order chi connectivity index (χ0) is 15.4. The summed E-state index contributed by atoms with van der Waals surface area (Å²) < 4.78 is 13.8. The lowest BCUT2D eigenvalue weighted by Gasteiger charge is -2.14. The number of aliphatic hydroxyl groups is 1. The Bertz CT molecular complexity index is 649. The van der Waals surface area contributed by atoms with Crippen molar-refractivity contribution in [3.63, 3.8) is 0 Å². The smallest absolute Gasteiger partial charge is 0.269 e. The van der Waals surface area contributed by atoms with Crippen molar-refractivity contribution in [2.45, 2.75) is 6.10 Å². The van der Waals surface area contributed by atoms with Crippen LogP contribution in [0.25, 0.3) is 0 Å². The summed E-state index contributed by atoms with van der Waals surface area (Å²) in [6.07, 6.45) is -0.860. The van der Waals surface area contributed by atoms with Crippen LogP contribution in [-0.2, 0) is 0 Å². The number of non-ortho nitro benzene ring substituents is 1. The zero-order valence-electron chi connectivity index (χ0n) is 10.8. The van der Waals surface area contributed by atoms with Gasteiger partial charge in [-0.15, -0.1) is 0 Å². The van der Waals surface area contributed by atoms with Crippen molar-refractivity contribution in [1.82, 2.24) is 0 Å². The molecule has 0 aliphatic rings. The summed E-state index contributed by atoms with van der Waals surface area (Å²) in [6.45, 7) is 0.153. The highest BCUT2D eigenvalue weighted by molar-refractivity contribution is 9.10. The zero-order valence-corrected chi connectivity index (χ0v) is 12.4. The Labute approximate surface area is 128 Å². The first kappa shape index (κ1) is 15.4. The predicted octanol–water partition coefficient (Wildman–Crippen LogP) is 3.64. The molecule has 0 heterocycles. The van der Waals surface area contributed by atoms with E-state index in [1.165, 1.54) is 36.4 Å². The van der Waals surface area contributed by atoms with Crippen molar-refractivity contribution < 1.29 is 14.4 Å². The topological polar surface area (TPSA) is 75.4 Å². The Morgan fingerprint density at radius 1 is 1.29 bits per heavy atom. The largest absolute Gasteiger partial charge is 0.387 e. The molecule has 0 aromatic heterocycles. The Morgan fingerprint density at radius 3 is 2.57 bits per heavy atom. The van der Waals surface area contributed by atoms with Crippen LogP contribution in [0.4, 0.5) is 15.8 Å². The molecular weight excluding hydrogens is 343 g/mol.